The zero-order chi connectivity index (χ0) is 13.0. The molecule has 3 N–H and O–H groups in total. The number of benzene rings is 1. The number of amides is 1. The predicted octanol–water partition coefficient (Wildman–Crippen LogP) is 2.28. The zero-order valence-corrected chi connectivity index (χ0v) is 9.84. The molecular formula is C12H16F2N2O. The molecule has 94 valence electrons. The number of carbonyl (C=O) groups is 1. The fraction of sp³-hybridized carbons (Fsp3) is 0.417. The molecule has 1 aromatic carbocycles. The van der Waals surface area contributed by atoms with Crippen LogP contribution >= 0.6 is 0 Å². The van der Waals surface area contributed by atoms with E-state index in [4.69, 9.17) is 5.73 Å². The SMILES string of the molecule is CC(C)CC(N)C(=O)Nc1c(F)cccc1F. The van der Waals surface area contributed by atoms with Gasteiger partial charge in [-0.15, -0.1) is 0 Å². The number of carbonyl (C=O) groups excluding carboxylic acids is 1. The first-order chi connectivity index (χ1) is 7.91. The standard InChI is InChI=1S/C12H16F2N2O/c1-7(2)6-10(15)12(17)16-11-8(13)4-3-5-9(11)14/h3-5,7,10H,6,15H2,1-2H3,(H,16,17). The molecule has 0 bridgehead atoms. The van der Waals surface area contributed by atoms with Crippen LogP contribution < -0.4 is 11.1 Å². The third kappa shape index (κ3) is 3.78. The maximum Gasteiger partial charge on any atom is 0.241 e. The highest BCUT2D eigenvalue weighted by Crippen LogP contribution is 2.18. The highest BCUT2D eigenvalue weighted by atomic mass is 19.1. The zero-order valence-electron chi connectivity index (χ0n) is 9.84. The Balaban J connectivity index is 2.74. The molecule has 0 aliphatic carbocycles. The van der Waals surface area contributed by atoms with Crippen molar-refractivity contribution in [3.8, 4) is 0 Å². The van der Waals surface area contributed by atoms with Crippen LogP contribution in [-0.2, 0) is 4.79 Å². The first-order valence-corrected chi connectivity index (χ1v) is 5.42. The molecule has 0 aliphatic heterocycles. The van der Waals surface area contributed by atoms with Crippen LogP contribution in [0, 0.1) is 17.6 Å². The Kier molecular flexibility index (Phi) is 4.57. The monoisotopic (exact) mass is 242 g/mol. The van der Waals surface area contributed by atoms with E-state index >= 15 is 0 Å². The molecular weight excluding hydrogens is 226 g/mol. The van der Waals surface area contributed by atoms with Gasteiger partial charge in [0.25, 0.3) is 0 Å². The molecule has 3 nitrogen and oxygen atoms in total. The quantitative estimate of drug-likeness (QED) is 0.851. The molecule has 5 heteroatoms. The molecule has 1 amide bonds. The summed E-state index contributed by atoms with van der Waals surface area (Å²) in [6.07, 6.45) is 0.460. The Bertz CT molecular complexity index is 387. The number of nitrogens with one attached hydrogen (secondary N) is 1. The van der Waals surface area contributed by atoms with Crippen LogP contribution in [0.15, 0.2) is 18.2 Å². The van der Waals surface area contributed by atoms with Crippen LogP contribution in [0.25, 0.3) is 0 Å². The van der Waals surface area contributed by atoms with Gasteiger partial charge in [-0.2, -0.15) is 0 Å². The molecule has 1 atom stereocenters. The van der Waals surface area contributed by atoms with Crippen LogP contribution in [0.3, 0.4) is 0 Å². The van der Waals surface area contributed by atoms with Gasteiger partial charge >= 0.3 is 0 Å². The third-order valence-corrected chi connectivity index (χ3v) is 2.27. The Morgan fingerprint density at radius 3 is 2.35 bits per heavy atom. The van der Waals surface area contributed by atoms with Crippen molar-refractivity contribution in [2.24, 2.45) is 11.7 Å². The lowest BCUT2D eigenvalue weighted by molar-refractivity contribution is -0.117. The lowest BCUT2D eigenvalue weighted by Gasteiger charge is -2.14. The van der Waals surface area contributed by atoms with Crippen LogP contribution in [0.5, 0.6) is 0 Å². The molecule has 17 heavy (non-hydrogen) atoms. The molecule has 1 rings (SSSR count). The van der Waals surface area contributed by atoms with Crippen molar-refractivity contribution in [3.63, 3.8) is 0 Å². The summed E-state index contributed by atoms with van der Waals surface area (Å²) in [7, 11) is 0. The Labute approximate surface area is 99.0 Å². The molecule has 0 aliphatic rings. The van der Waals surface area contributed by atoms with Crippen molar-refractivity contribution in [1.29, 1.82) is 0 Å². The summed E-state index contributed by atoms with van der Waals surface area (Å²) in [5, 5.41) is 2.17. The number of para-hydroxylation sites is 1. The molecule has 0 saturated heterocycles. The summed E-state index contributed by atoms with van der Waals surface area (Å²) < 4.78 is 26.5. The van der Waals surface area contributed by atoms with Crippen LogP contribution in [0.2, 0.25) is 0 Å². The highest BCUT2D eigenvalue weighted by molar-refractivity contribution is 5.94. The van der Waals surface area contributed by atoms with Crippen molar-refractivity contribution in [2.45, 2.75) is 26.3 Å². The van der Waals surface area contributed by atoms with Gasteiger partial charge in [0, 0.05) is 0 Å². The van der Waals surface area contributed by atoms with Crippen molar-refractivity contribution in [1.82, 2.24) is 0 Å². The summed E-state index contributed by atoms with van der Waals surface area (Å²) in [6, 6.07) is 2.61. The van der Waals surface area contributed by atoms with Gasteiger partial charge in [0.1, 0.15) is 17.3 Å². The Morgan fingerprint density at radius 1 is 1.35 bits per heavy atom. The average molecular weight is 242 g/mol. The smallest absolute Gasteiger partial charge is 0.241 e. The lowest BCUT2D eigenvalue weighted by Crippen LogP contribution is -2.37. The van der Waals surface area contributed by atoms with E-state index in [2.05, 4.69) is 5.32 Å². The van der Waals surface area contributed by atoms with Crippen molar-refractivity contribution in [3.05, 3.63) is 29.8 Å². The first kappa shape index (κ1) is 13.6. The summed E-state index contributed by atoms with van der Waals surface area (Å²) in [5.74, 6) is -1.96. The number of rotatable bonds is 4. The van der Waals surface area contributed by atoms with E-state index in [1.54, 1.807) is 0 Å². The van der Waals surface area contributed by atoms with Gasteiger partial charge in [0.05, 0.1) is 6.04 Å². The molecule has 0 aromatic heterocycles. The van der Waals surface area contributed by atoms with Crippen LogP contribution in [0.1, 0.15) is 20.3 Å². The molecule has 0 fully saturated rings. The number of nitrogens with two attached hydrogens (primary N) is 1. The second-order valence-corrected chi connectivity index (χ2v) is 4.32. The number of anilines is 1. The minimum Gasteiger partial charge on any atom is -0.320 e. The first-order valence-electron chi connectivity index (χ1n) is 5.42. The molecule has 1 unspecified atom stereocenters. The van der Waals surface area contributed by atoms with E-state index in [1.807, 2.05) is 13.8 Å². The van der Waals surface area contributed by atoms with E-state index in [0.717, 1.165) is 12.1 Å². The third-order valence-electron chi connectivity index (χ3n) is 2.27. The van der Waals surface area contributed by atoms with Crippen molar-refractivity contribution >= 4 is 11.6 Å². The minimum absolute atomic E-state index is 0.237. The van der Waals surface area contributed by atoms with Gasteiger partial charge < -0.3 is 11.1 Å². The van der Waals surface area contributed by atoms with Gasteiger partial charge in [-0.05, 0) is 24.5 Å². The molecule has 1 aromatic rings. The van der Waals surface area contributed by atoms with Gasteiger partial charge in [-0.1, -0.05) is 19.9 Å². The highest BCUT2D eigenvalue weighted by Gasteiger charge is 2.18. The number of hydrogen-bond acceptors (Lipinski definition) is 2. The predicted molar refractivity (Wildman–Crippen MR) is 62.4 cm³/mol. The van der Waals surface area contributed by atoms with E-state index in [0.29, 0.717) is 6.42 Å². The molecule has 0 saturated carbocycles. The Hall–Kier alpha value is -1.49. The normalized spacial score (nSPS) is 12.6. The summed E-state index contributed by atoms with van der Waals surface area (Å²) in [4.78, 5) is 11.6. The number of hydrogen-bond donors (Lipinski definition) is 2. The van der Waals surface area contributed by atoms with Gasteiger partial charge in [-0.3, -0.25) is 4.79 Å². The summed E-state index contributed by atoms with van der Waals surface area (Å²) in [6.45, 7) is 3.83. The molecule has 0 radical (unpaired) electrons. The van der Waals surface area contributed by atoms with Gasteiger partial charge in [-0.25, -0.2) is 8.78 Å². The van der Waals surface area contributed by atoms with E-state index in [1.165, 1.54) is 6.07 Å². The van der Waals surface area contributed by atoms with Gasteiger partial charge in [0.15, 0.2) is 0 Å². The second-order valence-electron chi connectivity index (χ2n) is 4.32. The molecule has 0 spiro atoms. The fourth-order valence-corrected chi connectivity index (χ4v) is 1.45. The molecule has 0 heterocycles. The lowest BCUT2D eigenvalue weighted by atomic mass is 10.0. The number of halogens is 2. The van der Waals surface area contributed by atoms with Gasteiger partial charge in [0.2, 0.25) is 5.91 Å². The second kappa shape index (κ2) is 5.72. The average Bonchev–Trinajstić information content (AvgIpc) is 2.22. The fourth-order valence-electron chi connectivity index (χ4n) is 1.45. The minimum atomic E-state index is -0.810. The Morgan fingerprint density at radius 2 is 1.88 bits per heavy atom. The van der Waals surface area contributed by atoms with E-state index < -0.39 is 29.3 Å². The van der Waals surface area contributed by atoms with Crippen molar-refractivity contribution < 1.29 is 13.6 Å². The topological polar surface area (TPSA) is 55.1 Å². The van der Waals surface area contributed by atoms with Crippen LogP contribution in [0.4, 0.5) is 14.5 Å². The largest absolute Gasteiger partial charge is 0.320 e. The maximum atomic E-state index is 13.2. The van der Waals surface area contributed by atoms with E-state index in [9.17, 15) is 13.6 Å². The summed E-state index contributed by atoms with van der Waals surface area (Å²) in [5.41, 5.74) is 5.16. The van der Waals surface area contributed by atoms with Crippen LogP contribution in [-0.4, -0.2) is 11.9 Å². The maximum absolute atomic E-state index is 13.2. The summed E-state index contributed by atoms with van der Waals surface area (Å²) >= 11 is 0. The van der Waals surface area contributed by atoms with Crippen molar-refractivity contribution in [2.75, 3.05) is 5.32 Å². The van der Waals surface area contributed by atoms with E-state index in [-0.39, 0.29) is 5.92 Å².